The summed E-state index contributed by atoms with van der Waals surface area (Å²) in [4.78, 5) is 10.1. The van der Waals surface area contributed by atoms with Crippen LogP contribution in [0.25, 0.3) is 16.9 Å². The Bertz CT molecular complexity index is 1160. The summed E-state index contributed by atoms with van der Waals surface area (Å²) in [5.41, 5.74) is 3.84. The fraction of sp³-hybridized carbons (Fsp3) is 0.536. The van der Waals surface area contributed by atoms with Gasteiger partial charge in [-0.3, -0.25) is 0 Å². The Morgan fingerprint density at radius 1 is 1.03 bits per heavy atom. The number of ether oxygens (including phenoxy) is 2. The lowest BCUT2D eigenvalue weighted by molar-refractivity contribution is 0.166. The minimum atomic E-state index is 0.540. The second-order valence-corrected chi connectivity index (χ2v) is 10.6. The molecule has 3 heterocycles. The molecule has 0 amide bonds. The number of fused-ring (bicyclic) bond motifs is 1. The molecule has 1 atom stereocenters. The monoisotopic (exact) mass is 496 g/mol. The van der Waals surface area contributed by atoms with Crippen molar-refractivity contribution in [1.29, 1.82) is 0 Å². The maximum atomic E-state index is 6.41. The van der Waals surface area contributed by atoms with Gasteiger partial charge in [-0.1, -0.05) is 30.9 Å². The average molecular weight is 497 g/mol. The van der Waals surface area contributed by atoms with Crippen molar-refractivity contribution < 1.29 is 9.47 Å². The highest BCUT2D eigenvalue weighted by atomic mass is 35.5. The van der Waals surface area contributed by atoms with Crippen LogP contribution in [0.4, 0.5) is 5.69 Å². The van der Waals surface area contributed by atoms with Gasteiger partial charge in [-0.05, 0) is 50.8 Å². The number of piperidine rings is 1. The number of rotatable bonds is 7. The topological polar surface area (TPSA) is 42.2 Å². The van der Waals surface area contributed by atoms with Gasteiger partial charge in [0.1, 0.15) is 17.1 Å². The SMILES string of the molecule is COc1cc(OC)c(-c2cn3ccc(N4CCC[C@H](N(C)CC5CCCCC5)C4)cc3n2)cc1Cl. The molecule has 0 N–H and O–H groups in total. The molecule has 1 aromatic carbocycles. The Morgan fingerprint density at radius 3 is 2.60 bits per heavy atom. The first kappa shape index (κ1) is 24.3. The predicted molar refractivity (Wildman–Crippen MR) is 143 cm³/mol. The lowest BCUT2D eigenvalue weighted by Gasteiger charge is -2.40. The largest absolute Gasteiger partial charge is 0.496 e. The van der Waals surface area contributed by atoms with Crippen molar-refractivity contribution in [2.24, 2.45) is 5.92 Å². The molecular weight excluding hydrogens is 460 g/mol. The van der Waals surface area contributed by atoms with Crippen LogP contribution in [0.5, 0.6) is 11.5 Å². The lowest BCUT2D eigenvalue weighted by atomic mass is 9.88. The second kappa shape index (κ2) is 10.7. The van der Waals surface area contributed by atoms with Gasteiger partial charge in [-0.15, -0.1) is 0 Å². The molecule has 1 aliphatic carbocycles. The number of hydrogen-bond acceptors (Lipinski definition) is 5. The number of anilines is 1. The van der Waals surface area contributed by atoms with Gasteiger partial charge in [0.25, 0.3) is 0 Å². The summed E-state index contributed by atoms with van der Waals surface area (Å²) in [5, 5.41) is 0.540. The van der Waals surface area contributed by atoms with Crippen LogP contribution in [0.2, 0.25) is 5.02 Å². The number of nitrogens with zero attached hydrogens (tertiary/aromatic N) is 4. The number of benzene rings is 1. The number of hydrogen-bond donors (Lipinski definition) is 0. The molecule has 1 saturated heterocycles. The van der Waals surface area contributed by atoms with E-state index in [1.165, 1.54) is 57.2 Å². The van der Waals surface area contributed by atoms with Crippen LogP contribution in [0.15, 0.2) is 36.7 Å². The molecule has 3 aromatic rings. The van der Waals surface area contributed by atoms with Crippen molar-refractivity contribution in [2.45, 2.75) is 51.0 Å². The summed E-state index contributed by atoms with van der Waals surface area (Å²) in [6, 6.07) is 8.69. The van der Waals surface area contributed by atoms with E-state index in [4.69, 9.17) is 26.1 Å². The van der Waals surface area contributed by atoms with E-state index in [2.05, 4.69) is 39.6 Å². The Kier molecular flexibility index (Phi) is 7.40. The van der Waals surface area contributed by atoms with Crippen LogP contribution >= 0.6 is 11.6 Å². The normalized spacial score (nSPS) is 19.5. The number of imidazole rings is 1. The van der Waals surface area contributed by atoms with E-state index in [-0.39, 0.29) is 0 Å². The molecule has 0 bridgehead atoms. The second-order valence-electron chi connectivity index (χ2n) is 10.1. The number of methoxy groups -OCH3 is 2. The summed E-state index contributed by atoms with van der Waals surface area (Å²) in [6.45, 7) is 3.42. The Hall–Kier alpha value is -2.44. The van der Waals surface area contributed by atoms with E-state index in [9.17, 15) is 0 Å². The minimum absolute atomic E-state index is 0.540. The molecule has 188 valence electrons. The van der Waals surface area contributed by atoms with Crippen molar-refractivity contribution in [3.8, 4) is 22.8 Å². The van der Waals surface area contributed by atoms with E-state index in [0.717, 1.165) is 35.9 Å². The number of likely N-dealkylation sites (N-methyl/N-ethyl adjacent to an activating group) is 1. The van der Waals surface area contributed by atoms with Crippen molar-refractivity contribution in [2.75, 3.05) is 45.8 Å². The number of pyridine rings is 1. The molecule has 7 heteroatoms. The average Bonchev–Trinajstić information content (AvgIpc) is 3.32. The zero-order valence-corrected chi connectivity index (χ0v) is 21.9. The first-order valence-corrected chi connectivity index (χ1v) is 13.3. The number of halogens is 1. The van der Waals surface area contributed by atoms with Gasteiger partial charge in [0.15, 0.2) is 0 Å². The molecule has 35 heavy (non-hydrogen) atoms. The maximum Gasteiger partial charge on any atom is 0.141 e. The van der Waals surface area contributed by atoms with Crippen molar-refractivity contribution in [3.63, 3.8) is 0 Å². The van der Waals surface area contributed by atoms with Crippen molar-refractivity contribution in [3.05, 3.63) is 41.7 Å². The summed E-state index contributed by atoms with van der Waals surface area (Å²) < 4.78 is 13.0. The van der Waals surface area contributed by atoms with Crippen molar-refractivity contribution in [1.82, 2.24) is 14.3 Å². The third kappa shape index (κ3) is 5.24. The van der Waals surface area contributed by atoms with Crippen LogP contribution in [0, 0.1) is 5.92 Å². The zero-order chi connectivity index (χ0) is 24.4. The summed E-state index contributed by atoms with van der Waals surface area (Å²) in [5.74, 6) is 2.16. The van der Waals surface area contributed by atoms with E-state index >= 15 is 0 Å². The first-order chi connectivity index (χ1) is 17.1. The van der Waals surface area contributed by atoms with Gasteiger partial charge in [-0.25, -0.2) is 4.98 Å². The van der Waals surface area contributed by atoms with Crippen LogP contribution < -0.4 is 14.4 Å². The number of aromatic nitrogens is 2. The van der Waals surface area contributed by atoms with Gasteiger partial charge in [0.2, 0.25) is 0 Å². The molecular formula is C28H37ClN4O2. The van der Waals surface area contributed by atoms with Gasteiger partial charge < -0.3 is 23.7 Å². The van der Waals surface area contributed by atoms with Gasteiger partial charge in [0.05, 0.1) is 24.9 Å². The minimum Gasteiger partial charge on any atom is -0.496 e. The van der Waals surface area contributed by atoms with Crippen LogP contribution in [0.3, 0.4) is 0 Å². The van der Waals surface area contributed by atoms with Gasteiger partial charge in [0, 0.05) is 61.5 Å². The molecule has 1 saturated carbocycles. The lowest BCUT2D eigenvalue weighted by Crippen LogP contribution is -2.48. The molecule has 5 rings (SSSR count). The third-order valence-electron chi connectivity index (χ3n) is 7.85. The van der Waals surface area contributed by atoms with Crippen LogP contribution in [-0.4, -0.2) is 61.2 Å². The quantitative estimate of drug-likeness (QED) is 0.392. The summed E-state index contributed by atoms with van der Waals surface area (Å²) >= 11 is 6.41. The highest BCUT2D eigenvalue weighted by Crippen LogP contribution is 2.38. The first-order valence-electron chi connectivity index (χ1n) is 12.9. The molecule has 0 radical (unpaired) electrons. The fourth-order valence-corrected chi connectivity index (χ4v) is 6.07. The fourth-order valence-electron chi connectivity index (χ4n) is 5.83. The zero-order valence-electron chi connectivity index (χ0n) is 21.2. The molecule has 0 spiro atoms. The predicted octanol–water partition coefficient (Wildman–Crippen LogP) is 6.15. The van der Waals surface area contributed by atoms with Crippen LogP contribution in [0.1, 0.15) is 44.9 Å². The molecule has 0 unspecified atom stereocenters. The highest BCUT2D eigenvalue weighted by Gasteiger charge is 2.26. The molecule has 6 nitrogen and oxygen atoms in total. The Labute approximate surface area is 213 Å². The van der Waals surface area contributed by atoms with E-state index < -0.39 is 0 Å². The molecule has 2 aromatic heterocycles. The molecule has 2 aliphatic rings. The standard InChI is InChI=1S/C28H37ClN4O2/c1-31(17-20-8-5-4-6-9-20)22-10-7-12-32(18-22)21-11-13-33-19-25(30-28(33)14-21)23-15-24(29)27(35-3)16-26(23)34-2/h11,13-16,19-20,22H,4-10,12,17-18H2,1-3H3/t22-/m0/s1. The van der Waals surface area contributed by atoms with Crippen LogP contribution in [-0.2, 0) is 0 Å². The highest BCUT2D eigenvalue weighted by molar-refractivity contribution is 6.32. The third-order valence-corrected chi connectivity index (χ3v) is 8.14. The Morgan fingerprint density at radius 2 is 1.83 bits per heavy atom. The van der Waals surface area contributed by atoms with Gasteiger partial charge in [-0.2, -0.15) is 0 Å². The summed E-state index contributed by atoms with van der Waals surface area (Å²) in [6.07, 6.45) is 13.7. The van der Waals surface area contributed by atoms with E-state index in [1.54, 1.807) is 14.2 Å². The van der Waals surface area contributed by atoms with E-state index in [0.29, 0.717) is 22.6 Å². The maximum absolute atomic E-state index is 6.41. The molecule has 2 fully saturated rings. The van der Waals surface area contributed by atoms with Gasteiger partial charge >= 0.3 is 0 Å². The Balaban J connectivity index is 1.34. The molecule has 1 aliphatic heterocycles. The van der Waals surface area contributed by atoms with E-state index in [1.807, 2.05) is 18.3 Å². The smallest absolute Gasteiger partial charge is 0.141 e. The summed E-state index contributed by atoms with van der Waals surface area (Å²) in [7, 11) is 5.59. The van der Waals surface area contributed by atoms with Crippen molar-refractivity contribution >= 4 is 22.9 Å².